The van der Waals surface area contributed by atoms with Gasteiger partial charge in [-0.3, -0.25) is 9.48 Å². The lowest BCUT2D eigenvalue weighted by molar-refractivity contribution is -0.141. The Bertz CT molecular complexity index is 747. The van der Waals surface area contributed by atoms with Gasteiger partial charge in [-0.1, -0.05) is 6.92 Å². The van der Waals surface area contributed by atoms with E-state index in [0.29, 0.717) is 25.3 Å². The Kier molecular flexibility index (Phi) is 3.61. The lowest BCUT2D eigenvalue weighted by atomic mass is 10.2. The molecule has 3 heterocycles. The summed E-state index contributed by atoms with van der Waals surface area (Å²) in [4.78, 5) is 13.8. The molecule has 2 aromatic heterocycles. The molecule has 0 aliphatic carbocycles. The van der Waals surface area contributed by atoms with Crippen LogP contribution in [0.3, 0.4) is 0 Å². The highest BCUT2D eigenvalue weighted by molar-refractivity contribution is 5.95. The zero-order valence-electron chi connectivity index (χ0n) is 12.6. The Balaban J connectivity index is 1.88. The van der Waals surface area contributed by atoms with Gasteiger partial charge in [0.1, 0.15) is 5.82 Å². The van der Waals surface area contributed by atoms with E-state index in [1.807, 2.05) is 11.5 Å². The summed E-state index contributed by atoms with van der Waals surface area (Å²) in [6.07, 6.45) is -2.86. The number of alkyl halides is 3. The molecule has 0 unspecified atom stereocenters. The maximum absolute atomic E-state index is 13.0. The molecule has 1 amide bonds. The number of carbonyl (C=O) groups is 1. The first kappa shape index (κ1) is 15.5. The molecule has 0 atom stereocenters. The minimum absolute atomic E-state index is 0.137. The smallest absolute Gasteiger partial charge is 0.329 e. The number of nitrogens with zero attached hydrogens (tertiary/aromatic N) is 6. The number of amides is 1. The quantitative estimate of drug-likeness (QED) is 0.832. The highest BCUT2D eigenvalue weighted by atomic mass is 19.4. The van der Waals surface area contributed by atoms with Crippen molar-refractivity contribution in [3.63, 3.8) is 0 Å². The Morgan fingerprint density at radius 3 is 2.70 bits per heavy atom. The van der Waals surface area contributed by atoms with Crippen LogP contribution in [0.4, 0.5) is 13.2 Å². The van der Waals surface area contributed by atoms with Crippen LogP contribution in [-0.2, 0) is 32.7 Å². The van der Waals surface area contributed by atoms with Crippen LogP contribution in [0.15, 0.2) is 6.20 Å². The van der Waals surface area contributed by atoms with Crippen LogP contribution in [0.25, 0.3) is 0 Å². The molecule has 0 saturated heterocycles. The van der Waals surface area contributed by atoms with Gasteiger partial charge in [0, 0.05) is 32.8 Å². The van der Waals surface area contributed by atoms with Gasteiger partial charge in [0.25, 0.3) is 5.91 Å². The largest absolute Gasteiger partial charge is 0.435 e. The second kappa shape index (κ2) is 5.36. The van der Waals surface area contributed by atoms with Gasteiger partial charge in [0.05, 0.1) is 12.1 Å². The van der Waals surface area contributed by atoms with Crippen LogP contribution in [-0.4, -0.2) is 41.9 Å². The van der Waals surface area contributed by atoms with E-state index in [4.69, 9.17) is 0 Å². The summed E-state index contributed by atoms with van der Waals surface area (Å²) in [5.74, 6) is 0.695. The molecule has 23 heavy (non-hydrogen) atoms. The zero-order valence-corrected chi connectivity index (χ0v) is 12.6. The number of hydrogen-bond acceptors (Lipinski definition) is 4. The third-order valence-electron chi connectivity index (χ3n) is 3.76. The van der Waals surface area contributed by atoms with E-state index in [2.05, 4.69) is 15.3 Å². The molecule has 0 N–H and O–H groups in total. The third kappa shape index (κ3) is 2.68. The Hall–Kier alpha value is -2.39. The molecular weight excluding hydrogens is 313 g/mol. The van der Waals surface area contributed by atoms with Crippen LogP contribution < -0.4 is 0 Å². The van der Waals surface area contributed by atoms with Crippen molar-refractivity contribution in [3.8, 4) is 0 Å². The molecule has 10 heteroatoms. The second-order valence-electron chi connectivity index (χ2n) is 5.33. The van der Waals surface area contributed by atoms with Gasteiger partial charge in [-0.2, -0.15) is 18.3 Å². The summed E-state index contributed by atoms with van der Waals surface area (Å²) < 4.78 is 41.9. The highest BCUT2D eigenvalue weighted by Crippen LogP contribution is 2.31. The summed E-state index contributed by atoms with van der Waals surface area (Å²) in [7, 11) is 1.35. The Labute approximate surface area is 129 Å². The standard InChI is InChI=1S/C13H15F3N6O/c1-3-9-17-18-10-7-21(4-5-22(9)10)12(23)8-6-20(2)19-11(8)13(14,15)16/h6H,3-5,7H2,1-2H3. The van der Waals surface area contributed by atoms with Gasteiger partial charge in [-0.05, 0) is 0 Å². The first-order valence-corrected chi connectivity index (χ1v) is 7.12. The fourth-order valence-corrected chi connectivity index (χ4v) is 2.68. The fourth-order valence-electron chi connectivity index (χ4n) is 2.68. The number of carbonyl (C=O) groups excluding carboxylic acids is 1. The molecule has 0 fully saturated rings. The average molecular weight is 328 g/mol. The van der Waals surface area contributed by atoms with Crippen molar-refractivity contribution in [1.82, 2.24) is 29.4 Å². The Morgan fingerprint density at radius 2 is 2.04 bits per heavy atom. The number of hydrogen-bond donors (Lipinski definition) is 0. The average Bonchev–Trinajstić information content (AvgIpc) is 3.08. The fraction of sp³-hybridized carbons (Fsp3) is 0.538. The number of rotatable bonds is 2. The monoisotopic (exact) mass is 328 g/mol. The predicted octanol–water partition coefficient (Wildman–Crippen LogP) is 1.25. The molecule has 3 rings (SSSR count). The van der Waals surface area contributed by atoms with Crippen molar-refractivity contribution < 1.29 is 18.0 Å². The summed E-state index contributed by atoms with van der Waals surface area (Å²) in [6, 6.07) is 0. The van der Waals surface area contributed by atoms with Crippen LogP contribution in [0.5, 0.6) is 0 Å². The van der Waals surface area contributed by atoms with Crippen molar-refractivity contribution in [1.29, 1.82) is 0 Å². The number of aromatic nitrogens is 5. The highest BCUT2D eigenvalue weighted by Gasteiger charge is 2.40. The molecule has 124 valence electrons. The number of fused-ring (bicyclic) bond motifs is 1. The van der Waals surface area contributed by atoms with Crippen molar-refractivity contribution in [2.24, 2.45) is 7.05 Å². The minimum atomic E-state index is -4.67. The van der Waals surface area contributed by atoms with Crippen molar-refractivity contribution in [2.45, 2.75) is 32.6 Å². The maximum Gasteiger partial charge on any atom is 0.435 e. The van der Waals surface area contributed by atoms with Gasteiger partial charge in [-0.15, -0.1) is 10.2 Å². The maximum atomic E-state index is 13.0. The molecule has 0 spiro atoms. The first-order valence-electron chi connectivity index (χ1n) is 7.12. The van der Waals surface area contributed by atoms with Crippen molar-refractivity contribution in [3.05, 3.63) is 29.1 Å². The number of halogens is 3. The van der Waals surface area contributed by atoms with Crippen molar-refractivity contribution in [2.75, 3.05) is 6.54 Å². The zero-order chi connectivity index (χ0) is 16.8. The summed E-state index contributed by atoms with van der Waals surface area (Å²) >= 11 is 0. The van der Waals surface area contributed by atoms with E-state index < -0.39 is 23.3 Å². The molecule has 0 saturated carbocycles. The molecule has 7 nitrogen and oxygen atoms in total. The van der Waals surface area contributed by atoms with Gasteiger partial charge in [0.15, 0.2) is 11.5 Å². The minimum Gasteiger partial charge on any atom is -0.329 e. The second-order valence-corrected chi connectivity index (χ2v) is 5.33. The van der Waals surface area contributed by atoms with Crippen LogP contribution in [0.1, 0.15) is 34.6 Å². The van der Waals surface area contributed by atoms with Crippen LogP contribution in [0, 0.1) is 0 Å². The molecule has 0 bridgehead atoms. The van der Waals surface area contributed by atoms with E-state index in [1.54, 1.807) is 0 Å². The molecule has 0 radical (unpaired) electrons. The molecule has 1 aliphatic heterocycles. The van der Waals surface area contributed by atoms with Crippen molar-refractivity contribution >= 4 is 5.91 Å². The lowest BCUT2D eigenvalue weighted by Crippen LogP contribution is -2.39. The first-order chi connectivity index (χ1) is 10.8. The van der Waals surface area contributed by atoms with E-state index in [9.17, 15) is 18.0 Å². The third-order valence-corrected chi connectivity index (χ3v) is 3.76. The molecule has 2 aromatic rings. The normalized spacial score (nSPS) is 14.9. The SMILES string of the molecule is CCc1nnc2n1CCN(C(=O)c1cn(C)nc1C(F)(F)F)C2. The van der Waals surface area contributed by atoms with Gasteiger partial charge < -0.3 is 9.47 Å². The van der Waals surface area contributed by atoms with E-state index in [-0.39, 0.29) is 6.54 Å². The van der Waals surface area contributed by atoms with Gasteiger partial charge in [-0.25, -0.2) is 0 Å². The summed E-state index contributed by atoms with van der Waals surface area (Å²) in [6.45, 7) is 2.86. The van der Waals surface area contributed by atoms with E-state index in [0.717, 1.165) is 16.7 Å². The van der Waals surface area contributed by atoms with Gasteiger partial charge >= 0.3 is 6.18 Å². The molecule has 1 aliphatic rings. The molecule has 0 aromatic carbocycles. The molecular formula is C13H15F3N6O. The summed E-state index contributed by atoms with van der Waals surface area (Å²) in [5, 5.41) is 11.4. The van der Waals surface area contributed by atoms with Gasteiger partial charge in [0.2, 0.25) is 0 Å². The Morgan fingerprint density at radius 1 is 1.30 bits per heavy atom. The van der Waals surface area contributed by atoms with E-state index in [1.165, 1.54) is 11.9 Å². The number of aryl methyl sites for hydroxylation is 2. The topological polar surface area (TPSA) is 68.8 Å². The van der Waals surface area contributed by atoms with Crippen LogP contribution in [0.2, 0.25) is 0 Å². The summed E-state index contributed by atoms with van der Waals surface area (Å²) in [5.41, 5.74) is -1.60. The van der Waals surface area contributed by atoms with Crippen LogP contribution >= 0.6 is 0 Å². The predicted molar refractivity (Wildman–Crippen MR) is 72.4 cm³/mol. The lowest BCUT2D eigenvalue weighted by Gasteiger charge is -2.27. The van der Waals surface area contributed by atoms with E-state index >= 15 is 0 Å².